The molecule has 12 heavy (non-hydrogen) atoms. The first-order chi connectivity index (χ1) is 5.86. The summed E-state index contributed by atoms with van der Waals surface area (Å²) in [6.45, 7) is 2.06. The number of rotatable bonds is 1. The zero-order chi connectivity index (χ0) is 8.39. The number of nitrogens with one attached hydrogen (secondary N) is 2. The van der Waals surface area contributed by atoms with Crippen molar-refractivity contribution in [1.82, 2.24) is 14.7 Å². The average Bonchev–Trinajstić information content (AvgIpc) is 2.54. The third-order valence-corrected chi connectivity index (χ3v) is 2.74. The highest BCUT2D eigenvalue weighted by Gasteiger charge is 2.17. The summed E-state index contributed by atoms with van der Waals surface area (Å²) in [5.74, 6) is 1.34. The molecular weight excluding hydrogens is 174 g/mol. The minimum Gasteiger partial charge on any atom is -0.317 e. The number of aromatic nitrogens is 2. The molecule has 0 aliphatic carbocycles. The highest BCUT2D eigenvalue weighted by Crippen LogP contribution is 2.20. The van der Waals surface area contributed by atoms with Crippen molar-refractivity contribution in [3.8, 4) is 0 Å². The molecule has 0 unspecified atom stereocenters. The average molecular weight is 185 g/mol. The summed E-state index contributed by atoms with van der Waals surface area (Å²) >= 11 is 1.02. The Morgan fingerprint density at radius 3 is 2.75 bits per heavy atom. The molecule has 0 bridgehead atoms. The van der Waals surface area contributed by atoms with E-state index in [0.717, 1.165) is 43.3 Å². The molecule has 0 atom stereocenters. The van der Waals surface area contributed by atoms with E-state index in [2.05, 4.69) is 14.7 Å². The molecule has 5 heteroatoms. The van der Waals surface area contributed by atoms with Crippen molar-refractivity contribution < 1.29 is 0 Å². The Morgan fingerprint density at radius 2 is 2.17 bits per heavy atom. The molecule has 0 radical (unpaired) electrons. The maximum atomic E-state index is 10.8. The fraction of sp³-hybridized carbons (Fsp3) is 0.714. The van der Waals surface area contributed by atoms with Crippen LogP contribution in [0.15, 0.2) is 4.79 Å². The van der Waals surface area contributed by atoms with Gasteiger partial charge in [-0.05, 0) is 25.9 Å². The van der Waals surface area contributed by atoms with E-state index in [4.69, 9.17) is 0 Å². The molecule has 1 saturated heterocycles. The lowest BCUT2D eigenvalue weighted by molar-refractivity contribution is 0.447. The predicted molar refractivity (Wildman–Crippen MR) is 47.6 cm³/mol. The molecule has 0 aromatic carbocycles. The number of piperidine rings is 1. The second-order valence-electron chi connectivity index (χ2n) is 3.00. The SMILES string of the molecule is O=c1[nH]c(C2CCNCC2)ns1. The Hall–Kier alpha value is -0.680. The van der Waals surface area contributed by atoms with Gasteiger partial charge < -0.3 is 5.32 Å². The molecule has 0 amide bonds. The van der Waals surface area contributed by atoms with Crippen molar-refractivity contribution in [2.45, 2.75) is 18.8 Å². The maximum Gasteiger partial charge on any atom is 0.323 e. The van der Waals surface area contributed by atoms with E-state index in [1.165, 1.54) is 0 Å². The Kier molecular flexibility index (Phi) is 2.23. The number of aromatic amines is 1. The van der Waals surface area contributed by atoms with Crippen LogP contribution in [0.2, 0.25) is 0 Å². The summed E-state index contributed by atoms with van der Waals surface area (Å²) in [5, 5.41) is 3.27. The van der Waals surface area contributed by atoms with Crippen LogP contribution in [0.5, 0.6) is 0 Å². The van der Waals surface area contributed by atoms with E-state index in [1.807, 2.05) is 0 Å². The lowest BCUT2D eigenvalue weighted by atomic mass is 9.98. The number of hydrogen-bond acceptors (Lipinski definition) is 4. The van der Waals surface area contributed by atoms with Crippen LogP contribution in [-0.2, 0) is 0 Å². The normalized spacial score (nSPS) is 19.7. The van der Waals surface area contributed by atoms with Crippen LogP contribution in [0.4, 0.5) is 0 Å². The van der Waals surface area contributed by atoms with Gasteiger partial charge in [0.15, 0.2) is 0 Å². The van der Waals surface area contributed by atoms with Gasteiger partial charge in [-0.3, -0.25) is 9.78 Å². The summed E-state index contributed by atoms with van der Waals surface area (Å²) in [5.41, 5.74) is 0. The van der Waals surface area contributed by atoms with Gasteiger partial charge in [-0.25, -0.2) is 0 Å². The minimum absolute atomic E-state index is 0.0384. The van der Waals surface area contributed by atoms with Crippen LogP contribution in [0.1, 0.15) is 24.6 Å². The van der Waals surface area contributed by atoms with Gasteiger partial charge >= 0.3 is 4.87 Å². The van der Waals surface area contributed by atoms with Crippen LogP contribution >= 0.6 is 11.5 Å². The van der Waals surface area contributed by atoms with E-state index < -0.39 is 0 Å². The number of hydrogen-bond donors (Lipinski definition) is 2. The fourth-order valence-corrected chi connectivity index (χ4v) is 2.04. The van der Waals surface area contributed by atoms with Gasteiger partial charge in [0, 0.05) is 17.5 Å². The molecule has 2 rings (SSSR count). The van der Waals surface area contributed by atoms with Crippen molar-refractivity contribution in [3.63, 3.8) is 0 Å². The molecule has 4 nitrogen and oxygen atoms in total. The van der Waals surface area contributed by atoms with E-state index in [-0.39, 0.29) is 4.87 Å². The van der Waals surface area contributed by atoms with Crippen LogP contribution in [-0.4, -0.2) is 22.4 Å². The quantitative estimate of drug-likeness (QED) is 0.661. The Morgan fingerprint density at radius 1 is 1.42 bits per heavy atom. The van der Waals surface area contributed by atoms with Gasteiger partial charge in [0.2, 0.25) is 0 Å². The molecule has 1 aromatic rings. The van der Waals surface area contributed by atoms with Crippen molar-refractivity contribution in [2.75, 3.05) is 13.1 Å². The summed E-state index contributed by atoms with van der Waals surface area (Å²) in [4.78, 5) is 13.5. The largest absolute Gasteiger partial charge is 0.323 e. The third-order valence-electron chi connectivity index (χ3n) is 2.18. The number of nitrogens with zero attached hydrogens (tertiary/aromatic N) is 1. The first-order valence-electron chi connectivity index (χ1n) is 4.13. The standard InChI is InChI=1S/C7H11N3OS/c11-7-9-6(10-12-7)5-1-3-8-4-2-5/h5,8H,1-4H2,(H,9,10,11). The van der Waals surface area contributed by atoms with Gasteiger partial charge in [0.05, 0.1) is 0 Å². The molecule has 1 aliphatic heterocycles. The minimum atomic E-state index is -0.0384. The predicted octanol–water partition coefficient (Wildman–Crippen LogP) is 0.298. The summed E-state index contributed by atoms with van der Waals surface area (Å²) in [6, 6.07) is 0. The first-order valence-corrected chi connectivity index (χ1v) is 4.90. The van der Waals surface area contributed by atoms with Crippen LogP contribution in [0.3, 0.4) is 0 Å². The molecule has 2 heterocycles. The zero-order valence-corrected chi connectivity index (χ0v) is 7.49. The van der Waals surface area contributed by atoms with E-state index in [0.29, 0.717) is 5.92 Å². The molecule has 1 fully saturated rings. The molecule has 2 N–H and O–H groups in total. The van der Waals surface area contributed by atoms with E-state index in [1.54, 1.807) is 0 Å². The highest BCUT2D eigenvalue weighted by atomic mass is 32.1. The van der Waals surface area contributed by atoms with Gasteiger partial charge in [0.1, 0.15) is 5.82 Å². The Bertz CT molecular complexity index is 300. The van der Waals surface area contributed by atoms with Gasteiger partial charge in [0.25, 0.3) is 0 Å². The number of H-pyrrole nitrogens is 1. The Balaban J connectivity index is 2.13. The van der Waals surface area contributed by atoms with E-state index >= 15 is 0 Å². The molecule has 0 spiro atoms. The summed E-state index contributed by atoms with van der Waals surface area (Å²) in [6.07, 6.45) is 2.17. The summed E-state index contributed by atoms with van der Waals surface area (Å²) in [7, 11) is 0. The fourth-order valence-electron chi connectivity index (χ4n) is 1.51. The zero-order valence-electron chi connectivity index (χ0n) is 6.67. The smallest absolute Gasteiger partial charge is 0.317 e. The van der Waals surface area contributed by atoms with Gasteiger partial charge in [-0.15, -0.1) is 0 Å². The second-order valence-corrected chi connectivity index (χ2v) is 3.74. The van der Waals surface area contributed by atoms with E-state index in [9.17, 15) is 4.79 Å². The van der Waals surface area contributed by atoms with Crippen LogP contribution in [0, 0.1) is 0 Å². The van der Waals surface area contributed by atoms with Crippen LogP contribution in [0.25, 0.3) is 0 Å². The molecule has 66 valence electrons. The Labute approximate surface area is 74.2 Å². The van der Waals surface area contributed by atoms with Gasteiger partial charge in [-0.1, -0.05) is 0 Å². The van der Waals surface area contributed by atoms with Crippen molar-refractivity contribution >= 4 is 11.5 Å². The monoisotopic (exact) mass is 185 g/mol. The van der Waals surface area contributed by atoms with Crippen molar-refractivity contribution in [1.29, 1.82) is 0 Å². The maximum absolute atomic E-state index is 10.8. The molecular formula is C7H11N3OS. The topological polar surface area (TPSA) is 57.8 Å². The first kappa shape index (κ1) is 7.94. The van der Waals surface area contributed by atoms with Crippen molar-refractivity contribution in [3.05, 3.63) is 15.5 Å². The highest BCUT2D eigenvalue weighted by molar-refractivity contribution is 7.02. The van der Waals surface area contributed by atoms with Gasteiger partial charge in [-0.2, -0.15) is 4.37 Å². The van der Waals surface area contributed by atoms with Crippen LogP contribution < -0.4 is 10.2 Å². The molecule has 1 aromatic heterocycles. The lowest BCUT2D eigenvalue weighted by Gasteiger charge is -2.19. The lowest BCUT2D eigenvalue weighted by Crippen LogP contribution is -2.27. The second kappa shape index (κ2) is 3.37. The third kappa shape index (κ3) is 1.56. The summed E-state index contributed by atoms with van der Waals surface area (Å²) < 4.78 is 4.09. The molecule has 1 aliphatic rings. The van der Waals surface area contributed by atoms with Crippen molar-refractivity contribution in [2.24, 2.45) is 0 Å². The molecule has 0 saturated carbocycles.